The van der Waals surface area contributed by atoms with Gasteiger partial charge in [0.2, 0.25) is 0 Å². The molecule has 2 atom stereocenters. The molecule has 0 radical (unpaired) electrons. The average molecular weight is 259 g/mol. The average Bonchev–Trinajstić information content (AvgIpc) is 2.90. The number of nitrogens with one attached hydrogen (secondary N) is 1. The molecule has 0 saturated heterocycles. The van der Waals surface area contributed by atoms with E-state index in [-0.39, 0.29) is 6.04 Å². The van der Waals surface area contributed by atoms with E-state index in [4.69, 9.17) is 4.42 Å². The van der Waals surface area contributed by atoms with Crippen LogP contribution in [0, 0.1) is 5.92 Å². The van der Waals surface area contributed by atoms with E-state index in [9.17, 15) is 0 Å². The molecular weight excluding hydrogens is 238 g/mol. The maximum atomic E-state index is 5.58. The van der Waals surface area contributed by atoms with E-state index in [1.165, 1.54) is 19.3 Å². The minimum absolute atomic E-state index is 0.0312. The summed E-state index contributed by atoms with van der Waals surface area (Å²) >= 11 is 0. The lowest BCUT2D eigenvalue weighted by Gasteiger charge is -2.21. The van der Waals surface area contributed by atoms with Gasteiger partial charge in [-0.05, 0) is 31.4 Å². The number of imidazole rings is 1. The largest absolute Gasteiger partial charge is 0.467 e. The number of rotatable bonds is 6. The van der Waals surface area contributed by atoms with Crippen molar-refractivity contribution in [3.8, 4) is 0 Å². The lowest BCUT2D eigenvalue weighted by Crippen LogP contribution is -2.33. The van der Waals surface area contributed by atoms with Crippen molar-refractivity contribution in [1.82, 2.24) is 14.9 Å². The molecule has 1 aliphatic carbocycles. The molecule has 0 aliphatic heterocycles. The monoisotopic (exact) mass is 259 g/mol. The van der Waals surface area contributed by atoms with Crippen LogP contribution in [0.4, 0.5) is 0 Å². The summed E-state index contributed by atoms with van der Waals surface area (Å²) < 4.78 is 7.63. The maximum absolute atomic E-state index is 5.58. The van der Waals surface area contributed by atoms with Crippen LogP contribution in [0.2, 0.25) is 0 Å². The van der Waals surface area contributed by atoms with Gasteiger partial charge < -0.3 is 8.98 Å². The summed E-state index contributed by atoms with van der Waals surface area (Å²) in [5.74, 6) is 2.84. The van der Waals surface area contributed by atoms with Crippen molar-refractivity contribution >= 4 is 0 Å². The van der Waals surface area contributed by atoms with Crippen molar-refractivity contribution in [3.05, 3.63) is 42.4 Å². The molecule has 1 aliphatic rings. The van der Waals surface area contributed by atoms with Gasteiger partial charge in [0, 0.05) is 25.5 Å². The molecule has 0 spiro atoms. The van der Waals surface area contributed by atoms with E-state index in [0.717, 1.165) is 17.5 Å². The molecule has 4 nitrogen and oxygen atoms in total. The molecule has 3 rings (SSSR count). The van der Waals surface area contributed by atoms with Gasteiger partial charge in [0.1, 0.15) is 17.6 Å². The summed E-state index contributed by atoms with van der Waals surface area (Å²) in [5, 5.41) is 3.66. The van der Waals surface area contributed by atoms with E-state index in [1.54, 1.807) is 6.26 Å². The van der Waals surface area contributed by atoms with Crippen LogP contribution < -0.4 is 5.32 Å². The van der Waals surface area contributed by atoms with E-state index >= 15 is 0 Å². The van der Waals surface area contributed by atoms with Gasteiger partial charge in [0.15, 0.2) is 0 Å². The molecule has 4 heteroatoms. The van der Waals surface area contributed by atoms with Gasteiger partial charge in [-0.25, -0.2) is 4.98 Å². The van der Waals surface area contributed by atoms with Gasteiger partial charge in [0.05, 0.1) is 6.26 Å². The summed E-state index contributed by atoms with van der Waals surface area (Å²) in [7, 11) is 2.02. The summed E-state index contributed by atoms with van der Waals surface area (Å²) in [5.41, 5.74) is 0. The van der Waals surface area contributed by atoms with Crippen molar-refractivity contribution in [2.75, 3.05) is 0 Å². The molecule has 1 fully saturated rings. The predicted octanol–water partition coefficient (Wildman–Crippen LogP) is 2.88. The first kappa shape index (κ1) is 12.5. The van der Waals surface area contributed by atoms with Crippen LogP contribution in [-0.4, -0.2) is 15.6 Å². The van der Waals surface area contributed by atoms with Crippen molar-refractivity contribution in [1.29, 1.82) is 0 Å². The molecule has 1 N–H and O–H groups in total. The minimum Gasteiger partial charge on any atom is -0.467 e. The van der Waals surface area contributed by atoms with Crippen LogP contribution in [0.3, 0.4) is 0 Å². The highest BCUT2D eigenvalue weighted by Crippen LogP contribution is 2.34. The van der Waals surface area contributed by atoms with Crippen LogP contribution in [0.25, 0.3) is 0 Å². The zero-order valence-electron chi connectivity index (χ0n) is 11.5. The smallest absolute Gasteiger partial charge is 0.133 e. The van der Waals surface area contributed by atoms with Crippen molar-refractivity contribution < 1.29 is 4.42 Å². The zero-order valence-corrected chi connectivity index (χ0v) is 11.5. The first-order valence-electron chi connectivity index (χ1n) is 7.00. The fourth-order valence-corrected chi connectivity index (χ4v) is 2.60. The van der Waals surface area contributed by atoms with Crippen LogP contribution in [0.15, 0.2) is 35.2 Å². The Labute approximate surface area is 113 Å². The molecule has 2 aromatic rings. The summed E-state index contributed by atoms with van der Waals surface area (Å²) in [6.07, 6.45) is 9.54. The fourth-order valence-electron chi connectivity index (χ4n) is 2.60. The van der Waals surface area contributed by atoms with E-state index in [1.807, 2.05) is 36.1 Å². The van der Waals surface area contributed by atoms with Crippen molar-refractivity contribution in [2.24, 2.45) is 13.0 Å². The lowest BCUT2D eigenvalue weighted by molar-refractivity contribution is 0.381. The molecule has 2 aromatic heterocycles. The Balaban J connectivity index is 1.78. The highest BCUT2D eigenvalue weighted by Gasteiger charge is 2.27. The second kappa shape index (κ2) is 5.21. The molecule has 2 unspecified atom stereocenters. The topological polar surface area (TPSA) is 43.0 Å². The Morgan fingerprint density at radius 3 is 2.95 bits per heavy atom. The van der Waals surface area contributed by atoms with Gasteiger partial charge in [-0.15, -0.1) is 0 Å². The van der Waals surface area contributed by atoms with Gasteiger partial charge in [-0.2, -0.15) is 0 Å². The van der Waals surface area contributed by atoms with Gasteiger partial charge in [-0.3, -0.25) is 5.32 Å². The Kier molecular flexibility index (Phi) is 3.42. The highest BCUT2D eigenvalue weighted by molar-refractivity contribution is 5.16. The second-order valence-corrected chi connectivity index (χ2v) is 5.59. The quantitative estimate of drug-likeness (QED) is 0.867. The Morgan fingerprint density at radius 1 is 1.53 bits per heavy atom. The highest BCUT2D eigenvalue weighted by atomic mass is 16.3. The number of aromatic nitrogens is 2. The van der Waals surface area contributed by atoms with Crippen LogP contribution in [-0.2, 0) is 7.05 Å². The third-order valence-electron chi connectivity index (χ3n) is 3.78. The number of nitrogens with zero attached hydrogens (tertiary/aromatic N) is 2. The number of hydrogen-bond donors (Lipinski definition) is 1. The Bertz CT molecular complexity index is 513. The summed E-state index contributed by atoms with van der Waals surface area (Å²) in [6.45, 7) is 2.25. The molecule has 19 heavy (non-hydrogen) atoms. The van der Waals surface area contributed by atoms with E-state index in [2.05, 4.69) is 17.2 Å². The molecule has 0 amide bonds. The normalized spacial score (nSPS) is 18.4. The predicted molar refractivity (Wildman–Crippen MR) is 73.7 cm³/mol. The summed E-state index contributed by atoms with van der Waals surface area (Å²) in [4.78, 5) is 4.46. The molecule has 102 valence electrons. The van der Waals surface area contributed by atoms with Crippen LogP contribution >= 0.6 is 0 Å². The minimum atomic E-state index is 0.0312. The molecule has 1 saturated carbocycles. The van der Waals surface area contributed by atoms with Crippen molar-refractivity contribution in [3.63, 3.8) is 0 Å². The van der Waals surface area contributed by atoms with Crippen LogP contribution in [0.5, 0.6) is 0 Å². The number of furan rings is 1. The Hall–Kier alpha value is -1.55. The van der Waals surface area contributed by atoms with E-state index < -0.39 is 0 Å². The van der Waals surface area contributed by atoms with Gasteiger partial charge in [0.25, 0.3) is 0 Å². The van der Waals surface area contributed by atoms with Crippen molar-refractivity contribution in [2.45, 2.75) is 38.3 Å². The molecule has 0 aromatic carbocycles. The van der Waals surface area contributed by atoms with Gasteiger partial charge in [-0.1, -0.05) is 12.8 Å². The lowest BCUT2D eigenvalue weighted by atomic mass is 10.1. The zero-order chi connectivity index (χ0) is 13.2. The number of aryl methyl sites for hydroxylation is 1. The van der Waals surface area contributed by atoms with Gasteiger partial charge >= 0.3 is 0 Å². The summed E-state index contributed by atoms with van der Waals surface area (Å²) in [6, 6.07) is 4.44. The fraction of sp³-hybridized carbons (Fsp3) is 0.533. The standard InChI is InChI=1S/C15H21N3O/c1-11(10-12-5-6-12)17-14(13-4-3-9-19-13)15-16-7-8-18(15)2/h3-4,7-9,11-12,14,17H,5-6,10H2,1-2H3. The SMILES string of the molecule is CC(CC1CC1)NC(c1ccco1)c1nccn1C. The molecular formula is C15H21N3O. The second-order valence-electron chi connectivity index (χ2n) is 5.59. The molecule has 0 bridgehead atoms. The maximum Gasteiger partial charge on any atom is 0.133 e. The first-order chi connectivity index (χ1) is 9.24. The molecule has 2 heterocycles. The third-order valence-corrected chi connectivity index (χ3v) is 3.78. The number of hydrogen-bond acceptors (Lipinski definition) is 3. The first-order valence-corrected chi connectivity index (χ1v) is 7.00. The Morgan fingerprint density at radius 2 is 2.37 bits per heavy atom. The third kappa shape index (κ3) is 2.89. The van der Waals surface area contributed by atoms with Crippen LogP contribution in [0.1, 0.15) is 43.8 Å². The van der Waals surface area contributed by atoms with E-state index in [0.29, 0.717) is 6.04 Å².